The van der Waals surface area contributed by atoms with Crippen molar-refractivity contribution in [3.8, 4) is 0 Å². The number of hydrogen-bond donors (Lipinski definition) is 1. The fourth-order valence-corrected chi connectivity index (χ4v) is 9.44. The van der Waals surface area contributed by atoms with Crippen molar-refractivity contribution in [1.29, 1.82) is 0 Å². The molecule has 1 saturated carbocycles. The Kier molecular flexibility index (Phi) is 8.55. The van der Waals surface area contributed by atoms with Gasteiger partial charge in [-0.05, 0) is 39.0 Å². The molecule has 0 aromatic rings. The number of carbonyl (C=O) groups is 3. The van der Waals surface area contributed by atoms with Crippen molar-refractivity contribution in [2.75, 3.05) is 26.2 Å². The van der Waals surface area contributed by atoms with E-state index in [4.69, 9.17) is 0 Å². The lowest BCUT2D eigenvalue weighted by atomic mass is 9.70. The maximum absolute atomic E-state index is 14.4. The maximum Gasteiger partial charge on any atom is 0.247 e. The van der Waals surface area contributed by atoms with Gasteiger partial charge in [0.2, 0.25) is 17.7 Å². The number of likely N-dealkylation sites (tertiary alicyclic amines) is 1. The van der Waals surface area contributed by atoms with Gasteiger partial charge in [0.05, 0.1) is 29.2 Å². The Morgan fingerprint density at radius 3 is 2.47 bits per heavy atom. The predicted molar refractivity (Wildman–Crippen MR) is 143 cm³/mol. The third-order valence-corrected chi connectivity index (χ3v) is 10.7. The number of aliphatic hydroxyl groups is 1. The molecule has 0 aromatic heterocycles. The largest absolute Gasteiger partial charge is 0.394 e. The van der Waals surface area contributed by atoms with Crippen molar-refractivity contribution in [2.45, 2.75) is 93.3 Å². The molecule has 36 heavy (non-hydrogen) atoms. The molecule has 3 amide bonds. The molecule has 3 saturated heterocycles. The minimum absolute atomic E-state index is 0.00843. The summed E-state index contributed by atoms with van der Waals surface area (Å²) in [6, 6.07) is -1.00. The van der Waals surface area contributed by atoms with E-state index in [2.05, 4.69) is 13.2 Å². The summed E-state index contributed by atoms with van der Waals surface area (Å²) in [7, 11) is 0. The molecule has 3 aliphatic heterocycles. The van der Waals surface area contributed by atoms with E-state index in [-0.39, 0.29) is 35.6 Å². The highest BCUT2D eigenvalue weighted by Gasteiger charge is 2.74. The van der Waals surface area contributed by atoms with Crippen molar-refractivity contribution in [2.24, 2.45) is 11.8 Å². The molecule has 4 fully saturated rings. The summed E-state index contributed by atoms with van der Waals surface area (Å²) < 4.78 is -0.622. The van der Waals surface area contributed by atoms with Crippen LogP contribution in [0.25, 0.3) is 0 Å². The average molecular weight is 518 g/mol. The second-order valence-electron chi connectivity index (χ2n) is 11.0. The molecule has 8 heteroatoms. The Labute approximate surface area is 220 Å². The first-order chi connectivity index (χ1) is 17.4. The molecule has 1 N–H and O–H groups in total. The third kappa shape index (κ3) is 4.42. The summed E-state index contributed by atoms with van der Waals surface area (Å²) in [5.41, 5.74) is 0. The van der Waals surface area contributed by atoms with Crippen LogP contribution in [0, 0.1) is 11.8 Å². The minimum Gasteiger partial charge on any atom is -0.394 e. The lowest BCUT2D eigenvalue weighted by Gasteiger charge is -2.42. The highest BCUT2D eigenvalue weighted by Crippen LogP contribution is 2.67. The van der Waals surface area contributed by atoms with Gasteiger partial charge in [0.25, 0.3) is 0 Å². The standard InChI is InChI=1S/C28H43N3O4S/c1-5-15-29(16-6-2)25(33)22-21-13-14-28(36-21)23(22)26(34)31(19(4)18-32)24(28)27(35)30(17-7-3)20-11-9-8-10-12-20/h5,7,19-24,32H,1,3,6,8-18H2,2,4H3/t19-,21-,22+,23+,24?,28?/m1/s1. The summed E-state index contributed by atoms with van der Waals surface area (Å²) in [5, 5.41) is 10.2. The molecule has 0 aromatic carbocycles. The average Bonchev–Trinajstić information content (AvgIpc) is 3.53. The van der Waals surface area contributed by atoms with Gasteiger partial charge in [-0.3, -0.25) is 14.4 Å². The van der Waals surface area contributed by atoms with Crippen LogP contribution in [-0.2, 0) is 14.4 Å². The quantitative estimate of drug-likeness (QED) is 0.426. The van der Waals surface area contributed by atoms with Gasteiger partial charge in [-0.15, -0.1) is 24.9 Å². The highest BCUT2D eigenvalue weighted by molar-refractivity contribution is 8.02. The topological polar surface area (TPSA) is 81.2 Å². The van der Waals surface area contributed by atoms with Gasteiger partial charge >= 0.3 is 0 Å². The van der Waals surface area contributed by atoms with Crippen LogP contribution < -0.4 is 0 Å². The second-order valence-corrected chi connectivity index (χ2v) is 12.6. The molecule has 200 valence electrons. The number of rotatable bonds is 11. The molecule has 2 bridgehead atoms. The van der Waals surface area contributed by atoms with E-state index in [9.17, 15) is 19.5 Å². The van der Waals surface area contributed by atoms with Gasteiger partial charge in [-0.25, -0.2) is 0 Å². The van der Waals surface area contributed by atoms with Gasteiger partial charge in [-0.1, -0.05) is 38.3 Å². The first kappa shape index (κ1) is 27.2. The van der Waals surface area contributed by atoms with Gasteiger partial charge in [0, 0.05) is 30.9 Å². The van der Waals surface area contributed by atoms with E-state index in [1.54, 1.807) is 28.8 Å². The fourth-order valence-electron chi connectivity index (χ4n) is 7.25. The highest BCUT2D eigenvalue weighted by atomic mass is 32.2. The molecule has 7 nitrogen and oxygen atoms in total. The smallest absolute Gasteiger partial charge is 0.247 e. The lowest BCUT2D eigenvalue weighted by Crippen LogP contribution is -2.59. The zero-order valence-corrected chi connectivity index (χ0v) is 22.8. The van der Waals surface area contributed by atoms with Crippen LogP contribution in [0.3, 0.4) is 0 Å². The van der Waals surface area contributed by atoms with Crippen LogP contribution >= 0.6 is 11.8 Å². The Hall–Kier alpha value is -1.80. The monoisotopic (exact) mass is 517 g/mol. The van der Waals surface area contributed by atoms with E-state index in [1.807, 2.05) is 23.6 Å². The summed E-state index contributed by atoms with van der Waals surface area (Å²) >= 11 is 1.70. The van der Waals surface area contributed by atoms with E-state index in [0.29, 0.717) is 19.6 Å². The molecule has 2 unspecified atom stereocenters. The van der Waals surface area contributed by atoms with Gasteiger partial charge in [0.15, 0.2) is 0 Å². The first-order valence-corrected chi connectivity index (χ1v) is 14.7. The van der Waals surface area contributed by atoms with Crippen molar-refractivity contribution in [3.63, 3.8) is 0 Å². The summed E-state index contributed by atoms with van der Waals surface area (Å²) in [4.78, 5) is 47.8. The van der Waals surface area contributed by atoms with Crippen molar-refractivity contribution in [3.05, 3.63) is 25.3 Å². The number of aliphatic hydroxyl groups excluding tert-OH is 1. The number of carbonyl (C=O) groups excluding carboxylic acids is 3. The van der Waals surface area contributed by atoms with Crippen LogP contribution in [0.4, 0.5) is 0 Å². The Balaban J connectivity index is 1.73. The molecule has 3 heterocycles. The molecular formula is C28H43N3O4S. The Bertz CT molecular complexity index is 875. The van der Waals surface area contributed by atoms with Crippen LogP contribution in [0.15, 0.2) is 25.3 Å². The maximum atomic E-state index is 14.4. The van der Waals surface area contributed by atoms with E-state index >= 15 is 0 Å². The molecule has 1 spiro atoms. The van der Waals surface area contributed by atoms with Crippen molar-refractivity contribution >= 4 is 29.5 Å². The predicted octanol–water partition coefficient (Wildman–Crippen LogP) is 3.23. The number of thioether (sulfide) groups is 1. The third-order valence-electron chi connectivity index (χ3n) is 8.78. The summed E-state index contributed by atoms with van der Waals surface area (Å²) in [6.45, 7) is 12.9. The van der Waals surface area contributed by atoms with E-state index in [0.717, 1.165) is 44.9 Å². The number of nitrogens with zero attached hydrogens (tertiary/aromatic N) is 3. The number of fused-ring (bicyclic) bond motifs is 1. The van der Waals surface area contributed by atoms with Crippen LogP contribution in [0.5, 0.6) is 0 Å². The van der Waals surface area contributed by atoms with Crippen molar-refractivity contribution < 1.29 is 19.5 Å². The zero-order valence-electron chi connectivity index (χ0n) is 21.9. The minimum atomic E-state index is -0.661. The number of hydrogen-bond acceptors (Lipinski definition) is 5. The molecule has 1 aliphatic carbocycles. The normalized spacial score (nSPS) is 32.3. The zero-order chi connectivity index (χ0) is 26.0. The van der Waals surface area contributed by atoms with Gasteiger partial charge in [0.1, 0.15) is 6.04 Å². The Morgan fingerprint density at radius 2 is 1.86 bits per heavy atom. The molecule has 6 atom stereocenters. The van der Waals surface area contributed by atoms with Crippen LogP contribution in [-0.4, -0.2) is 91.9 Å². The second kappa shape index (κ2) is 11.3. The summed E-state index contributed by atoms with van der Waals surface area (Å²) in [5.74, 6) is -1.13. The molecular weight excluding hydrogens is 474 g/mol. The van der Waals surface area contributed by atoms with E-state index in [1.165, 1.54) is 6.42 Å². The van der Waals surface area contributed by atoms with Crippen LogP contribution in [0.2, 0.25) is 0 Å². The van der Waals surface area contributed by atoms with Gasteiger partial charge < -0.3 is 19.8 Å². The first-order valence-electron chi connectivity index (χ1n) is 13.8. The molecule has 4 aliphatic rings. The van der Waals surface area contributed by atoms with Gasteiger partial charge in [-0.2, -0.15) is 0 Å². The summed E-state index contributed by atoms with van der Waals surface area (Å²) in [6.07, 6.45) is 11.3. The fraction of sp³-hybridized carbons (Fsp3) is 0.750. The van der Waals surface area contributed by atoms with Crippen LogP contribution in [0.1, 0.15) is 65.2 Å². The van der Waals surface area contributed by atoms with E-state index < -0.39 is 28.7 Å². The molecule has 0 radical (unpaired) electrons. The SMILES string of the molecule is C=CCN(CCC)C(=O)[C@@H]1[C@H]2C(=O)N([C@H](C)CO)C(C(=O)N(CC=C)C3CCCCC3)C23CC[C@H]1S3. The lowest BCUT2D eigenvalue weighted by molar-refractivity contribution is -0.147. The number of amides is 3. The Morgan fingerprint density at radius 1 is 1.17 bits per heavy atom. The van der Waals surface area contributed by atoms with Crippen molar-refractivity contribution in [1.82, 2.24) is 14.7 Å². The molecule has 4 rings (SSSR count).